The van der Waals surface area contributed by atoms with E-state index in [4.69, 9.17) is 14.6 Å². The number of nitrogens with one attached hydrogen (secondary N) is 1. The predicted molar refractivity (Wildman–Crippen MR) is 81.0 cm³/mol. The van der Waals surface area contributed by atoms with Crippen molar-refractivity contribution in [3.05, 3.63) is 0 Å². The fraction of sp³-hybridized carbons (Fsp3) is 0.846. The molecule has 0 aliphatic rings. The van der Waals surface area contributed by atoms with E-state index in [0.717, 1.165) is 0 Å². The number of hydrogen-bond acceptors (Lipinski definition) is 6. The van der Waals surface area contributed by atoms with Gasteiger partial charge in [0.15, 0.2) is 0 Å². The molecule has 22 heavy (non-hydrogen) atoms. The van der Waals surface area contributed by atoms with Crippen LogP contribution in [-0.2, 0) is 29.3 Å². The molecule has 9 heteroatoms. The second-order valence-corrected chi connectivity index (χ2v) is 8.20. The van der Waals surface area contributed by atoms with Crippen LogP contribution in [0, 0.1) is 0 Å². The number of nitrogens with two attached hydrogens (primary N) is 1. The molecule has 0 saturated heterocycles. The van der Waals surface area contributed by atoms with Crippen LogP contribution in [0.4, 0.5) is 0 Å². The third-order valence-corrected chi connectivity index (χ3v) is 2.67. The summed E-state index contributed by atoms with van der Waals surface area (Å²) in [6, 6.07) is -1.25. The molecule has 8 nitrogen and oxygen atoms in total. The second-order valence-electron chi connectivity index (χ2n) is 6.87. The first-order valence-electron chi connectivity index (χ1n) is 6.84. The van der Waals surface area contributed by atoms with Crippen molar-refractivity contribution in [1.82, 2.24) is 4.72 Å². The van der Waals surface area contributed by atoms with Gasteiger partial charge in [-0.15, -0.1) is 0 Å². The molecule has 0 amide bonds. The average Bonchev–Trinajstić information content (AvgIpc) is 2.17. The second kappa shape index (κ2) is 7.38. The Morgan fingerprint density at radius 3 is 1.86 bits per heavy atom. The normalized spacial score (nSPS) is 14.3. The molecule has 0 radical (unpaired) electrons. The Labute approximate surface area is 131 Å². The zero-order chi connectivity index (χ0) is 17.8. The monoisotopic (exact) mass is 338 g/mol. The zero-order valence-electron chi connectivity index (χ0n) is 13.9. The molecular formula is C13H26N2O6S. The number of rotatable bonds is 6. The lowest BCUT2D eigenvalue weighted by Gasteiger charge is -2.24. The van der Waals surface area contributed by atoms with Gasteiger partial charge in [0, 0.05) is 6.42 Å². The van der Waals surface area contributed by atoms with Gasteiger partial charge < -0.3 is 9.47 Å². The smallest absolute Gasteiger partial charge is 0.324 e. The van der Waals surface area contributed by atoms with Crippen molar-refractivity contribution in [2.75, 3.05) is 0 Å². The van der Waals surface area contributed by atoms with Crippen molar-refractivity contribution < 1.29 is 27.5 Å². The SMILES string of the molecule is CC(C)(C)OC(=O)CC[C@H](NS(N)(=O)=O)C(=O)OC(C)(C)C. The summed E-state index contributed by atoms with van der Waals surface area (Å²) in [5.74, 6) is -1.35. The third kappa shape index (κ3) is 11.5. The zero-order valence-corrected chi connectivity index (χ0v) is 14.7. The maximum atomic E-state index is 12.0. The minimum Gasteiger partial charge on any atom is -0.460 e. The van der Waals surface area contributed by atoms with Crippen molar-refractivity contribution in [2.24, 2.45) is 5.14 Å². The summed E-state index contributed by atoms with van der Waals surface area (Å²) in [5, 5.41) is 4.88. The van der Waals surface area contributed by atoms with E-state index in [-0.39, 0.29) is 12.8 Å². The maximum Gasteiger partial charge on any atom is 0.324 e. The van der Waals surface area contributed by atoms with Crippen LogP contribution < -0.4 is 9.86 Å². The number of esters is 2. The Kier molecular flexibility index (Phi) is 6.98. The largest absolute Gasteiger partial charge is 0.460 e. The third-order valence-electron chi connectivity index (χ3n) is 2.05. The molecule has 1 atom stereocenters. The molecule has 0 heterocycles. The van der Waals surface area contributed by atoms with Gasteiger partial charge in [-0.25, -0.2) is 5.14 Å². The van der Waals surface area contributed by atoms with Crippen LogP contribution >= 0.6 is 0 Å². The van der Waals surface area contributed by atoms with E-state index in [0.29, 0.717) is 0 Å². The molecule has 0 bridgehead atoms. The lowest BCUT2D eigenvalue weighted by Crippen LogP contribution is -2.46. The van der Waals surface area contributed by atoms with Gasteiger partial charge in [-0.3, -0.25) is 9.59 Å². The highest BCUT2D eigenvalue weighted by molar-refractivity contribution is 7.87. The minimum absolute atomic E-state index is 0.111. The fourth-order valence-electron chi connectivity index (χ4n) is 1.45. The average molecular weight is 338 g/mol. The van der Waals surface area contributed by atoms with E-state index in [1.54, 1.807) is 41.5 Å². The van der Waals surface area contributed by atoms with Crippen molar-refractivity contribution in [3.63, 3.8) is 0 Å². The van der Waals surface area contributed by atoms with Gasteiger partial charge in [-0.2, -0.15) is 13.1 Å². The van der Waals surface area contributed by atoms with Gasteiger partial charge in [0.25, 0.3) is 10.2 Å². The van der Waals surface area contributed by atoms with Crippen molar-refractivity contribution >= 4 is 22.1 Å². The van der Waals surface area contributed by atoms with E-state index < -0.39 is 39.4 Å². The van der Waals surface area contributed by atoms with Crippen LogP contribution in [0.1, 0.15) is 54.4 Å². The topological polar surface area (TPSA) is 125 Å². The number of carbonyl (C=O) groups excluding carboxylic acids is 2. The summed E-state index contributed by atoms with van der Waals surface area (Å²) in [6.45, 7) is 10.1. The first-order valence-corrected chi connectivity index (χ1v) is 8.38. The van der Waals surface area contributed by atoms with Gasteiger partial charge in [-0.05, 0) is 48.0 Å². The van der Waals surface area contributed by atoms with Crippen LogP contribution in [0.25, 0.3) is 0 Å². The molecular weight excluding hydrogens is 312 g/mol. The molecule has 0 aromatic carbocycles. The molecule has 0 aromatic rings. The van der Waals surface area contributed by atoms with Crippen LogP contribution in [0.2, 0.25) is 0 Å². The van der Waals surface area contributed by atoms with E-state index in [2.05, 4.69) is 0 Å². The minimum atomic E-state index is -4.11. The van der Waals surface area contributed by atoms with E-state index >= 15 is 0 Å². The summed E-state index contributed by atoms with van der Waals surface area (Å²) < 4.78 is 34.4. The Morgan fingerprint density at radius 1 is 1.05 bits per heavy atom. The highest BCUT2D eigenvalue weighted by atomic mass is 32.2. The van der Waals surface area contributed by atoms with Crippen molar-refractivity contribution in [2.45, 2.75) is 71.6 Å². The van der Waals surface area contributed by atoms with Gasteiger partial charge in [-0.1, -0.05) is 0 Å². The van der Waals surface area contributed by atoms with Crippen LogP contribution in [0.15, 0.2) is 0 Å². The van der Waals surface area contributed by atoms with Gasteiger partial charge >= 0.3 is 11.9 Å². The summed E-state index contributed by atoms with van der Waals surface area (Å²) in [7, 11) is -4.11. The van der Waals surface area contributed by atoms with E-state index in [1.165, 1.54) is 0 Å². The molecule has 130 valence electrons. The molecule has 0 aromatic heterocycles. The van der Waals surface area contributed by atoms with Crippen LogP contribution in [-0.4, -0.2) is 37.6 Å². The molecule has 0 aliphatic heterocycles. The Bertz CT molecular complexity index is 502. The lowest BCUT2D eigenvalue weighted by atomic mass is 10.1. The molecule has 0 aliphatic carbocycles. The molecule has 0 rings (SSSR count). The summed E-state index contributed by atoms with van der Waals surface area (Å²) in [5.41, 5.74) is -1.45. The van der Waals surface area contributed by atoms with Crippen LogP contribution in [0.5, 0.6) is 0 Å². The Balaban J connectivity index is 4.82. The molecule has 3 N–H and O–H groups in total. The maximum absolute atomic E-state index is 12.0. The highest BCUT2D eigenvalue weighted by Crippen LogP contribution is 2.13. The first-order chi connectivity index (χ1) is 9.59. The fourth-order valence-corrected chi connectivity index (χ4v) is 2.06. The van der Waals surface area contributed by atoms with E-state index in [9.17, 15) is 18.0 Å². The molecule has 0 saturated carbocycles. The molecule has 0 fully saturated rings. The lowest BCUT2D eigenvalue weighted by molar-refractivity contribution is -0.158. The first kappa shape index (κ1) is 20.8. The van der Waals surface area contributed by atoms with Gasteiger partial charge in [0.05, 0.1) is 0 Å². The summed E-state index contributed by atoms with van der Waals surface area (Å²) in [4.78, 5) is 23.6. The van der Waals surface area contributed by atoms with E-state index in [1.807, 2.05) is 4.72 Å². The standard InChI is InChI=1S/C13H26N2O6S/c1-12(2,3)20-10(16)8-7-9(15-22(14,18)19)11(17)21-13(4,5)6/h9,15H,7-8H2,1-6H3,(H2,14,18,19)/t9-/m0/s1. The van der Waals surface area contributed by atoms with Crippen molar-refractivity contribution in [1.29, 1.82) is 0 Å². The summed E-state index contributed by atoms with van der Waals surface area (Å²) >= 11 is 0. The highest BCUT2D eigenvalue weighted by Gasteiger charge is 2.29. The van der Waals surface area contributed by atoms with Crippen LogP contribution in [0.3, 0.4) is 0 Å². The Hall–Kier alpha value is -1.19. The van der Waals surface area contributed by atoms with Crippen molar-refractivity contribution in [3.8, 4) is 0 Å². The Morgan fingerprint density at radius 2 is 1.50 bits per heavy atom. The van der Waals surface area contributed by atoms with Gasteiger partial charge in [0.1, 0.15) is 17.2 Å². The quantitative estimate of drug-likeness (QED) is 0.684. The predicted octanol–water partition coefficient (Wildman–Crippen LogP) is 0.612. The number of ether oxygens (including phenoxy) is 2. The molecule has 0 unspecified atom stereocenters. The number of hydrogen-bond donors (Lipinski definition) is 2. The molecule has 0 spiro atoms. The van der Waals surface area contributed by atoms with Gasteiger partial charge in [0.2, 0.25) is 0 Å². The summed E-state index contributed by atoms with van der Waals surface area (Å²) in [6.07, 6.45) is -0.260. The number of carbonyl (C=O) groups is 2.